The van der Waals surface area contributed by atoms with E-state index in [9.17, 15) is 0 Å². The molecule has 2 N–H and O–H groups in total. The summed E-state index contributed by atoms with van der Waals surface area (Å²) in [5.41, 5.74) is 6.97. The molecule has 70 valence electrons. The Kier molecular flexibility index (Phi) is 4.35. The Bertz CT molecular complexity index is 225. The number of nitrogens with two attached hydrogens (primary N) is 1. The van der Waals surface area contributed by atoms with Crippen LogP contribution in [0.3, 0.4) is 0 Å². The molecule has 0 aliphatic rings. The van der Waals surface area contributed by atoms with Gasteiger partial charge in [-0.15, -0.1) is 12.4 Å². The highest BCUT2D eigenvalue weighted by Crippen LogP contribution is 2.19. The molecular formula is C9H16ClNO. The molecule has 3 heteroatoms. The van der Waals surface area contributed by atoms with Crippen LogP contribution in [0.15, 0.2) is 10.5 Å². The van der Waals surface area contributed by atoms with Crippen molar-refractivity contribution >= 4 is 12.4 Å². The van der Waals surface area contributed by atoms with Crippen LogP contribution in [0.5, 0.6) is 0 Å². The largest absolute Gasteiger partial charge is 0.464 e. The molecule has 0 aliphatic heterocycles. The first kappa shape index (κ1) is 11.5. The fraction of sp³-hybridized carbons (Fsp3) is 0.556. The standard InChI is InChI=1S/C9H15NO.ClH/c1-4-8(10)9-5-6(2)7(3)11-9;/h5,8H,4,10H2,1-3H3;1H/t8-;/m0./s1. The molecule has 0 bridgehead atoms. The molecule has 1 aromatic heterocycles. The van der Waals surface area contributed by atoms with Crippen molar-refractivity contribution in [2.75, 3.05) is 0 Å². The average Bonchev–Trinajstić information content (AvgIpc) is 2.31. The number of halogens is 1. The third kappa shape index (κ3) is 2.26. The zero-order valence-electron chi connectivity index (χ0n) is 7.76. The molecule has 0 radical (unpaired) electrons. The molecule has 0 fully saturated rings. The molecule has 0 spiro atoms. The van der Waals surface area contributed by atoms with Gasteiger partial charge in [0.05, 0.1) is 6.04 Å². The zero-order chi connectivity index (χ0) is 8.43. The fourth-order valence-corrected chi connectivity index (χ4v) is 0.986. The lowest BCUT2D eigenvalue weighted by atomic mass is 10.2. The minimum atomic E-state index is 0. The Morgan fingerprint density at radius 1 is 1.50 bits per heavy atom. The van der Waals surface area contributed by atoms with Crippen molar-refractivity contribution in [3.63, 3.8) is 0 Å². The molecule has 1 atom stereocenters. The van der Waals surface area contributed by atoms with E-state index < -0.39 is 0 Å². The first-order valence-electron chi connectivity index (χ1n) is 3.97. The number of aryl methyl sites for hydroxylation is 2. The maximum atomic E-state index is 5.78. The predicted octanol–water partition coefficient (Wildman–Crippen LogP) is 2.73. The van der Waals surface area contributed by atoms with Crippen molar-refractivity contribution in [2.24, 2.45) is 5.73 Å². The van der Waals surface area contributed by atoms with Crippen LogP contribution in [-0.2, 0) is 0 Å². The molecule has 0 amide bonds. The van der Waals surface area contributed by atoms with Crippen LogP contribution in [0.2, 0.25) is 0 Å². The second-order valence-electron chi connectivity index (χ2n) is 2.90. The molecule has 0 aromatic carbocycles. The summed E-state index contributed by atoms with van der Waals surface area (Å²) >= 11 is 0. The Morgan fingerprint density at radius 2 is 2.08 bits per heavy atom. The average molecular weight is 190 g/mol. The zero-order valence-corrected chi connectivity index (χ0v) is 8.57. The maximum absolute atomic E-state index is 5.78. The molecule has 0 saturated carbocycles. The molecule has 0 aliphatic carbocycles. The SMILES string of the molecule is CC[C@H](N)c1cc(C)c(C)o1.Cl. The van der Waals surface area contributed by atoms with Gasteiger partial charge in [0.25, 0.3) is 0 Å². The monoisotopic (exact) mass is 189 g/mol. The minimum Gasteiger partial charge on any atom is -0.464 e. The molecule has 1 aromatic rings. The molecule has 2 nitrogen and oxygen atoms in total. The Morgan fingerprint density at radius 3 is 2.42 bits per heavy atom. The first-order chi connectivity index (χ1) is 5.15. The second kappa shape index (κ2) is 4.53. The van der Waals surface area contributed by atoms with Crippen LogP contribution < -0.4 is 5.73 Å². The number of furan rings is 1. The lowest BCUT2D eigenvalue weighted by Gasteiger charge is -2.02. The molecule has 0 saturated heterocycles. The third-order valence-electron chi connectivity index (χ3n) is 1.99. The molecule has 1 rings (SSSR count). The van der Waals surface area contributed by atoms with Gasteiger partial charge in [-0.3, -0.25) is 0 Å². The van der Waals surface area contributed by atoms with Crippen molar-refractivity contribution in [3.8, 4) is 0 Å². The number of rotatable bonds is 2. The summed E-state index contributed by atoms with van der Waals surface area (Å²) < 4.78 is 5.44. The van der Waals surface area contributed by atoms with Gasteiger partial charge in [-0.25, -0.2) is 0 Å². The highest BCUT2D eigenvalue weighted by Gasteiger charge is 2.09. The minimum absolute atomic E-state index is 0. The summed E-state index contributed by atoms with van der Waals surface area (Å²) in [5, 5.41) is 0. The second-order valence-corrected chi connectivity index (χ2v) is 2.90. The van der Waals surface area contributed by atoms with Gasteiger partial charge < -0.3 is 10.2 Å². The van der Waals surface area contributed by atoms with Crippen LogP contribution >= 0.6 is 12.4 Å². The Labute approximate surface area is 79.5 Å². The lowest BCUT2D eigenvalue weighted by Crippen LogP contribution is -2.06. The lowest BCUT2D eigenvalue weighted by molar-refractivity contribution is 0.440. The quantitative estimate of drug-likeness (QED) is 0.777. The van der Waals surface area contributed by atoms with Gasteiger partial charge in [0.15, 0.2) is 0 Å². The normalized spacial score (nSPS) is 12.3. The Balaban J connectivity index is 0.00000121. The van der Waals surface area contributed by atoms with E-state index in [0.29, 0.717) is 0 Å². The van der Waals surface area contributed by atoms with Gasteiger partial charge in [0.2, 0.25) is 0 Å². The highest BCUT2D eigenvalue weighted by atomic mass is 35.5. The van der Waals surface area contributed by atoms with Crippen molar-refractivity contribution in [3.05, 3.63) is 23.2 Å². The van der Waals surface area contributed by atoms with Gasteiger partial charge in [0, 0.05) is 0 Å². The van der Waals surface area contributed by atoms with Crippen molar-refractivity contribution < 1.29 is 4.42 Å². The first-order valence-corrected chi connectivity index (χ1v) is 3.97. The van der Waals surface area contributed by atoms with E-state index in [0.717, 1.165) is 17.9 Å². The van der Waals surface area contributed by atoms with Gasteiger partial charge >= 0.3 is 0 Å². The van der Waals surface area contributed by atoms with Gasteiger partial charge in [0.1, 0.15) is 11.5 Å². The van der Waals surface area contributed by atoms with Gasteiger partial charge in [-0.05, 0) is 31.9 Å². The Hall–Kier alpha value is -0.470. The summed E-state index contributed by atoms with van der Waals surface area (Å²) in [7, 11) is 0. The van der Waals surface area contributed by atoms with E-state index in [4.69, 9.17) is 10.2 Å². The fourth-order valence-electron chi connectivity index (χ4n) is 0.986. The molecule has 0 unspecified atom stereocenters. The highest BCUT2D eigenvalue weighted by molar-refractivity contribution is 5.85. The van der Waals surface area contributed by atoms with Crippen LogP contribution in [0, 0.1) is 13.8 Å². The maximum Gasteiger partial charge on any atom is 0.121 e. The smallest absolute Gasteiger partial charge is 0.121 e. The van der Waals surface area contributed by atoms with Crippen LogP contribution in [0.25, 0.3) is 0 Å². The van der Waals surface area contributed by atoms with E-state index in [1.54, 1.807) is 0 Å². The van der Waals surface area contributed by atoms with E-state index in [2.05, 4.69) is 6.92 Å². The van der Waals surface area contributed by atoms with E-state index in [1.165, 1.54) is 5.56 Å². The molecular weight excluding hydrogens is 174 g/mol. The third-order valence-corrected chi connectivity index (χ3v) is 1.99. The summed E-state index contributed by atoms with van der Waals surface area (Å²) in [6, 6.07) is 2.08. The van der Waals surface area contributed by atoms with Gasteiger partial charge in [-0.2, -0.15) is 0 Å². The van der Waals surface area contributed by atoms with Crippen molar-refractivity contribution in [1.82, 2.24) is 0 Å². The number of hydrogen-bond donors (Lipinski definition) is 1. The molecule has 1 heterocycles. The summed E-state index contributed by atoms with van der Waals surface area (Å²) in [6.45, 7) is 6.05. The van der Waals surface area contributed by atoms with Crippen molar-refractivity contribution in [1.29, 1.82) is 0 Å². The topological polar surface area (TPSA) is 39.2 Å². The summed E-state index contributed by atoms with van der Waals surface area (Å²) in [4.78, 5) is 0. The number of hydrogen-bond acceptors (Lipinski definition) is 2. The van der Waals surface area contributed by atoms with Crippen LogP contribution in [-0.4, -0.2) is 0 Å². The van der Waals surface area contributed by atoms with E-state index in [-0.39, 0.29) is 18.4 Å². The summed E-state index contributed by atoms with van der Waals surface area (Å²) in [6.07, 6.45) is 0.923. The summed E-state index contributed by atoms with van der Waals surface area (Å²) in [5.74, 6) is 1.88. The van der Waals surface area contributed by atoms with E-state index >= 15 is 0 Å². The predicted molar refractivity (Wildman–Crippen MR) is 52.6 cm³/mol. The van der Waals surface area contributed by atoms with Gasteiger partial charge in [-0.1, -0.05) is 6.92 Å². The van der Waals surface area contributed by atoms with Crippen LogP contribution in [0.1, 0.15) is 36.5 Å². The van der Waals surface area contributed by atoms with Crippen LogP contribution in [0.4, 0.5) is 0 Å². The molecule has 12 heavy (non-hydrogen) atoms. The van der Waals surface area contributed by atoms with E-state index in [1.807, 2.05) is 19.9 Å². The van der Waals surface area contributed by atoms with Crippen molar-refractivity contribution in [2.45, 2.75) is 33.2 Å².